The van der Waals surface area contributed by atoms with Gasteiger partial charge in [-0.15, -0.1) is 0 Å². The van der Waals surface area contributed by atoms with E-state index < -0.39 is 0 Å². The third-order valence-electron chi connectivity index (χ3n) is 9.95. The lowest BCUT2D eigenvalue weighted by Crippen LogP contribution is -2.00. The number of nitrogens with zero attached hydrogens (tertiary/aromatic N) is 3. The van der Waals surface area contributed by atoms with Crippen molar-refractivity contribution in [3.63, 3.8) is 0 Å². The maximum absolute atomic E-state index is 5.00. The van der Waals surface area contributed by atoms with Crippen molar-refractivity contribution < 1.29 is 0 Å². The number of aromatic nitrogens is 3. The van der Waals surface area contributed by atoms with Gasteiger partial charge < -0.3 is 0 Å². The van der Waals surface area contributed by atoms with Crippen molar-refractivity contribution in [2.75, 3.05) is 0 Å². The van der Waals surface area contributed by atoms with Crippen molar-refractivity contribution in [3.8, 4) is 78.7 Å². The molecule has 0 saturated heterocycles. The first-order chi connectivity index (χ1) is 26.2. The summed E-state index contributed by atoms with van der Waals surface area (Å²) in [6, 6.07) is 66.4. The Bertz CT molecular complexity index is 2770. The SMILES string of the molecule is c1ccc(-c2ccc(-c3nc(-c4ccccc4)nc(-c4ccc(-c5cccc(-c6ccc7c(c6)Sc6cccc8cccc-7c68)c5)cc4)n3)cc2)cc1. The Hall–Kier alpha value is -6.62. The second kappa shape index (κ2) is 13.2. The summed E-state index contributed by atoms with van der Waals surface area (Å²) >= 11 is 1.87. The molecule has 0 bridgehead atoms. The quantitative estimate of drug-likeness (QED) is 0.174. The predicted octanol–water partition coefficient (Wildman–Crippen LogP) is 13.2. The van der Waals surface area contributed by atoms with Crippen LogP contribution in [0.2, 0.25) is 0 Å². The Morgan fingerprint density at radius 3 is 1.36 bits per heavy atom. The van der Waals surface area contributed by atoms with E-state index >= 15 is 0 Å². The average molecular weight is 694 g/mol. The molecule has 53 heavy (non-hydrogen) atoms. The van der Waals surface area contributed by atoms with Crippen LogP contribution in [0.15, 0.2) is 198 Å². The molecule has 0 N–H and O–H groups in total. The van der Waals surface area contributed by atoms with Crippen LogP contribution in [0.1, 0.15) is 0 Å². The number of fused-ring (bicyclic) bond motifs is 2. The zero-order valence-electron chi connectivity index (χ0n) is 28.6. The van der Waals surface area contributed by atoms with Crippen LogP contribution in [-0.4, -0.2) is 15.0 Å². The van der Waals surface area contributed by atoms with E-state index in [1.807, 2.05) is 48.2 Å². The predicted molar refractivity (Wildman–Crippen MR) is 220 cm³/mol. The highest BCUT2D eigenvalue weighted by Crippen LogP contribution is 2.48. The van der Waals surface area contributed by atoms with Gasteiger partial charge >= 0.3 is 0 Å². The Morgan fingerprint density at radius 2 is 0.717 bits per heavy atom. The van der Waals surface area contributed by atoms with Crippen LogP contribution in [0.5, 0.6) is 0 Å². The molecule has 9 aromatic rings. The van der Waals surface area contributed by atoms with Gasteiger partial charge in [0.05, 0.1) is 0 Å². The van der Waals surface area contributed by atoms with Gasteiger partial charge in [0.1, 0.15) is 0 Å². The smallest absolute Gasteiger partial charge is 0.164 e. The third-order valence-corrected chi connectivity index (χ3v) is 11.1. The van der Waals surface area contributed by atoms with Crippen molar-refractivity contribution in [2.24, 2.45) is 0 Å². The van der Waals surface area contributed by atoms with Crippen molar-refractivity contribution >= 4 is 22.5 Å². The lowest BCUT2D eigenvalue weighted by atomic mass is 9.94. The summed E-state index contributed by atoms with van der Waals surface area (Å²) in [4.78, 5) is 17.5. The molecule has 0 radical (unpaired) electrons. The summed E-state index contributed by atoms with van der Waals surface area (Å²) in [6.07, 6.45) is 0. The second-order valence-corrected chi connectivity index (χ2v) is 14.3. The molecule has 0 spiro atoms. The molecular formula is C49H31N3S. The average Bonchev–Trinajstić information content (AvgIpc) is 3.24. The Balaban J connectivity index is 0.968. The number of hydrogen-bond donors (Lipinski definition) is 0. The van der Waals surface area contributed by atoms with Gasteiger partial charge in [0.25, 0.3) is 0 Å². The minimum absolute atomic E-state index is 0.644. The molecule has 0 saturated carbocycles. The standard InChI is InChI=1S/C49H31N3S/c1-3-10-32(11-4-1)33-20-24-37(25-21-33)48-50-47(36-12-5-2-6-13-36)51-49(52-48)38-26-22-34(23-27-38)39-16-7-17-40(30-39)41-28-29-42-43-18-8-14-35-15-9-19-44(46(35)43)53-45(42)31-41/h1-31H. The van der Waals surface area contributed by atoms with Crippen LogP contribution in [0.4, 0.5) is 0 Å². The molecule has 0 atom stereocenters. The first-order valence-electron chi connectivity index (χ1n) is 17.8. The molecular weight excluding hydrogens is 663 g/mol. The van der Waals surface area contributed by atoms with Crippen LogP contribution in [0.25, 0.3) is 89.4 Å². The minimum Gasteiger partial charge on any atom is -0.208 e. The molecule has 1 aliphatic rings. The summed E-state index contributed by atoms with van der Waals surface area (Å²) in [5, 5.41) is 2.65. The molecule has 4 heteroatoms. The van der Waals surface area contributed by atoms with Gasteiger partial charge in [0.15, 0.2) is 17.5 Å². The number of rotatable bonds is 6. The highest BCUT2D eigenvalue weighted by atomic mass is 32.2. The maximum Gasteiger partial charge on any atom is 0.164 e. The molecule has 1 aromatic heterocycles. The lowest BCUT2D eigenvalue weighted by molar-refractivity contribution is 1.07. The van der Waals surface area contributed by atoms with Crippen LogP contribution < -0.4 is 0 Å². The molecule has 8 aromatic carbocycles. The van der Waals surface area contributed by atoms with Crippen LogP contribution >= 0.6 is 11.8 Å². The van der Waals surface area contributed by atoms with Gasteiger partial charge in [-0.25, -0.2) is 15.0 Å². The van der Waals surface area contributed by atoms with Gasteiger partial charge in [-0.3, -0.25) is 0 Å². The fourth-order valence-corrected chi connectivity index (χ4v) is 8.41. The number of hydrogen-bond acceptors (Lipinski definition) is 4. The molecule has 0 fully saturated rings. The first kappa shape index (κ1) is 31.1. The van der Waals surface area contributed by atoms with Crippen LogP contribution in [0.3, 0.4) is 0 Å². The zero-order valence-corrected chi connectivity index (χ0v) is 29.5. The Morgan fingerprint density at radius 1 is 0.283 bits per heavy atom. The summed E-state index contributed by atoms with van der Waals surface area (Å²) in [5.74, 6) is 1.94. The van der Waals surface area contributed by atoms with Crippen molar-refractivity contribution in [2.45, 2.75) is 9.79 Å². The van der Waals surface area contributed by atoms with Gasteiger partial charge in [0, 0.05) is 31.9 Å². The van der Waals surface area contributed by atoms with E-state index in [0.717, 1.165) is 33.4 Å². The van der Waals surface area contributed by atoms with E-state index in [1.54, 1.807) is 0 Å². The molecule has 248 valence electrons. The fourth-order valence-electron chi connectivity index (χ4n) is 7.23. The Kier molecular flexibility index (Phi) is 7.74. The fraction of sp³-hybridized carbons (Fsp3) is 0. The summed E-state index contributed by atoms with van der Waals surface area (Å²) in [5.41, 5.74) is 12.5. The van der Waals surface area contributed by atoms with Gasteiger partial charge in [-0.1, -0.05) is 182 Å². The van der Waals surface area contributed by atoms with Crippen LogP contribution in [-0.2, 0) is 0 Å². The minimum atomic E-state index is 0.644. The van der Waals surface area contributed by atoms with E-state index in [4.69, 9.17) is 15.0 Å². The molecule has 0 unspecified atom stereocenters. The van der Waals surface area contributed by atoms with E-state index in [2.05, 4.69) is 152 Å². The van der Waals surface area contributed by atoms with Crippen molar-refractivity contribution in [1.29, 1.82) is 0 Å². The molecule has 1 aliphatic heterocycles. The summed E-state index contributed by atoms with van der Waals surface area (Å²) in [6.45, 7) is 0. The first-order valence-corrected chi connectivity index (χ1v) is 18.6. The summed E-state index contributed by atoms with van der Waals surface area (Å²) in [7, 11) is 0. The van der Waals surface area contributed by atoms with Crippen LogP contribution in [0, 0.1) is 0 Å². The largest absolute Gasteiger partial charge is 0.208 e. The lowest BCUT2D eigenvalue weighted by Gasteiger charge is -2.21. The zero-order chi connectivity index (χ0) is 35.1. The van der Waals surface area contributed by atoms with Gasteiger partial charge in [-0.2, -0.15) is 0 Å². The maximum atomic E-state index is 5.00. The van der Waals surface area contributed by atoms with E-state index in [-0.39, 0.29) is 0 Å². The molecule has 2 heterocycles. The highest BCUT2D eigenvalue weighted by Gasteiger charge is 2.19. The van der Waals surface area contributed by atoms with Crippen molar-refractivity contribution in [3.05, 3.63) is 188 Å². The topological polar surface area (TPSA) is 38.7 Å². The highest BCUT2D eigenvalue weighted by molar-refractivity contribution is 7.99. The monoisotopic (exact) mass is 693 g/mol. The second-order valence-electron chi connectivity index (χ2n) is 13.2. The van der Waals surface area contributed by atoms with E-state index in [9.17, 15) is 0 Å². The number of benzene rings is 8. The van der Waals surface area contributed by atoms with E-state index in [0.29, 0.717) is 17.5 Å². The summed E-state index contributed by atoms with van der Waals surface area (Å²) < 4.78 is 0. The molecule has 0 amide bonds. The normalized spacial score (nSPS) is 11.7. The van der Waals surface area contributed by atoms with E-state index in [1.165, 1.54) is 48.4 Å². The van der Waals surface area contributed by atoms with Gasteiger partial charge in [-0.05, 0) is 68.1 Å². The molecule has 3 nitrogen and oxygen atoms in total. The van der Waals surface area contributed by atoms with Gasteiger partial charge in [0.2, 0.25) is 0 Å². The molecule has 10 rings (SSSR count). The third kappa shape index (κ3) is 5.89. The Labute approximate surface area is 312 Å². The van der Waals surface area contributed by atoms with Crippen molar-refractivity contribution in [1.82, 2.24) is 15.0 Å². The molecule has 0 aliphatic carbocycles.